The lowest BCUT2D eigenvalue weighted by molar-refractivity contribution is -0.173. The van der Waals surface area contributed by atoms with Gasteiger partial charge < -0.3 is 34.1 Å². The highest BCUT2D eigenvalue weighted by Crippen LogP contribution is 2.50. The van der Waals surface area contributed by atoms with E-state index in [-0.39, 0.29) is 11.9 Å². The Hall–Kier alpha value is -4.52. The second-order valence-electron chi connectivity index (χ2n) is 13.6. The van der Waals surface area contributed by atoms with Crippen LogP contribution in [-0.2, 0) is 42.4 Å². The summed E-state index contributed by atoms with van der Waals surface area (Å²) in [4.78, 5) is 41.5. The van der Waals surface area contributed by atoms with Crippen LogP contribution >= 0.6 is 7.75 Å². The summed E-state index contributed by atoms with van der Waals surface area (Å²) in [7, 11) is -2.65. The van der Waals surface area contributed by atoms with Gasteiger partial charge in [0.05, 0.1) is 28.7 Å². The molecule has 2 fully saturated rings. The number of carbonyl (C=O) groups excluding carboxylic acids is 3. The number of likely N-dealkylation sites (N-methyl/N-ethyl adjacent to an activating group) is 1. The van der Waals surface area contributed by atoms with Crippen LogP contribution in [0.1, 0.15) is 52.8 Å². The van der Waals surface area contributed by atoms with Crippen molar-refractivity contribution in [2.24, 2.45) is 11.8 Å². The second-order valence-corrected chi connectivity index (χ2v) is 15.3. The number of nitriles is 1. The minimum atomic E-state index is -4.56. The smallest absolute Gasteiger partial charge is 0.459 e. The monoisotopic (exact) mass is 740 g/mol. The zero-order chi connectivity index (χ0) is 37.8. The van der Waals surface area contributed by atoms with Crippen LogP contribution in [0.25, 0.3) is 5.52 Å². The van der Waals surface area contributed by atoms with Gasteiger partial charge in [-0.15, -0.1) is 0 Å². The van der Waals surface area contributed by atoms with Crippen molar-refractivity contribution in [3.8, 4) is 11.8 Å². The van der Waals surface area contributed by atoms with E-state index in [9.17, 15) is 24.2 Å². The van der Waals surface area contributed by atoms with Crippen molar-refractivity contribution in [3.63, 3.8) is 0 Å². The number of aromatic nitrogens is 2. The van der Waals surface area contributed by atoms with E-state index < -0.39 is 74.1 Å². The maximum atomic E-state index is 14.6. The number of likely N-dealkylation sites (tertiary alicyclic amines) is 1. The second kappa shape index (κ2) is 16.0. The van der Waals surface area contributed by atoms with Crippen LogP contribution in [0.2, 0.25) is 0 Å². The average Bonchev–Trinajstić information content (AvgIpc) is 3.80. The number of hydrogen-bond acceptors (Lipinski definition) is 14. The first kappa shape index (κ1) is 38.7. The molecule has 3 N–H and O–H groups in total. The molecule has 52 heavy (non-hydrogen) atoms. The zero-order valence-corrected chi connectivity index (χ0v) is 30.9. The molecular weight excluding hydrogens is 695 g/mol. The molecule has 2 aliphatic rings. The standard InChI is InChI=1S/C35H45N6O10P/c1-21(2)32(42)48-30-29(28-13-12-27-26(37)14-16-38-41(27)28)50-35(19-36,31(30)49-33(43)22(3)4)20-46-52(45,51-24-10-8-7-9-11-24)39-23(5)34(44)47-25-15-17-40(6)18-25/h7-14,16,21-23,25,29-31H,15,17-18,20,37H2,1-6H3,(H,39,45)/t23-,25+,29-,30-,31-,35+,52+/m0/s1. The van der Waals surface area contributed by atoms with E-state index in [0.717, 1.165) is 6.54 Å². The topological polar surface area (TPSA) is 206 Å². The maximum absolute atomic E-state index is 14.6. The predicted molar refractivity (Wildman–Crippen MR) is 186 cm³/mol. The van der Waals surface area contributed by atoms with Crippen molar-refractivity contribution in [2.75, 3.05) is 32.5 Å². The van der Waals surface area contributed by atoms with Gasteiger partial charge in [0.1, 0.15) is 36.7 Å². The Labute approximate surface area is 302 Å². The molecule has 0 aliphatic carbocycles. The predicted octanol–water partition coefficient (Wildman–Crippen LogP) is 3.81. The summed E-state index contributed by atoms with van der Waals surface area (Å²) in [6, 6.07) is 13.9. The van der Waals surface area contributed by atoms with Crippen molar-refractivity contribution in [1.29, 1.82) is 5.26 Å². The van der Waals surface area contributed by atoms with Gasteiger partial charge in [0.15, 0.2) is 12.2 Å². The minimum absolute atomic E-state index is 0.127. The highest BCUT2D eigenvalue weighted by atomic mass is 31.2. The van der Waals surface area contributed by atoms with E-state index in [1.807, 2.05) is 18.0 Å². The molecule has 0 bridgehead atoms. The van der Waals surface area contributed by atoms with Crippen LogP contribution in [0.4, 0.5) is 5.69 Å². The van der Waals surface area contributed by atoms with Gasteiger partial charge >= 0.3 is 25.7 Å². The largest absolute Gasteiger partial charge is 0.460 e. The van der Waals surface area contributed by atoms with Crippen molar-refractivity contribution in [3.05, 3.63) is 60.4 Å². The molecule has 0 saturated carbocycles. The highest BCUT2D eigenvalue weighted by molar-refractivity contribution is 7.52. The number of ether oxygens (including phenoxy) is 4. The Morgan fingerprint density at radius 2 is 1.73 bits per heavy atom. The van der Waals surface area contributed by atoms with Crippen LogP contribution < -0.4 is 15.3 Å². The van der Waals surface area contributed by atoms with Crippen molar-refractivity contribution in [2.45, 2.75) is 77.1 Å². The molecule has 2 aromatic heterocycles. The summed E-state index contributed by atoms with van der Waals surface area (Å²) in [6.07, 6.45) is -2.49. The van der Waals surface area contributed by atoms with Gasteiger partial charge in [-0.05, 0) is 50.7 Å². The fraction of sp³-hybridized carbons (Fsp3) is 0.514. The molecule has 0 amide bonds. The molecule has 5 rings (SSSR count). The fourth-order valence-corrected chi connectivity index (χ4v) is 7.30. The number of hydrogen-bond donors (Lipinski definition) is 2. The number of nitrogens with two attached hydrogens (primary N) is 1. The van der Waals surface area contributed by atoms with E-state index in [2.05, 4.69) is 10.2 Å². The first-order valence-electron chi connectivity index (χ1n) is 17.0. The Balaban J connectivity index is 1.52. The summed E-state index contributed by atoms with van der Waals surface area (Å²) >= 11 is 0. The number of nitrogens with zero attached hydrogens (tertiary/aromatic N) is 4. The number of esters is 3. The first-order valence-corrected chi connectivity index (χ1v) is 18.6. The highest BCUT2D eigenvalue weighted by Gasteiger charge is 2.62. The normalized spacial score (nSPS) is 25.1. The summed E-state index contributed by atoms with van der Waals surface area (Å²) in [5.41, 5.74) is 5.17. The third kappa shape index (κ3) is 8.57. The van der Waals surface area contributed by atoms with Crippen LogP contribution in [0.15, 0.2) is 54.7 Å². The molecule has 3 aromatic rings. The van der Waals surface area contributed by atoms with Gasteiger partial charge in [-0.3, -0.25) is 18.9 Å². The molecule has 2 aliphatic heterocycles. The summed E-state index contributed by atoms with van der Waals surface area (Å²) in [5, 5.41) is 17.9. The summed E-state index contributed by atoms with van der Waals surface area (Å²) in [6.45, 7) is 8.35. The molecule has 1 aromatic carbocycles. The van der Waals surface area contributed by atoms with Crippen molar-refractivity contribution < 1.29 is 46.9 Å². The molecular formula is C35H45N6O10P. The van der Waals surface area contributed by atoms with E-state index in [1.54, 1.807) is 64.1 Å². The third-order valence-electron chi connectivity index (χ3n) is 8.68. The Bertz CT molecular complexity index is 1850. The van der Waals surface area contributed by atoms with Crippen molar-refractivity contribution in [1.82, 2.24) is 19.6 Å². The zero-order valence-electron chi connectivity index (χ0n) is 30.0. The van der Waals surface area contributed by atoms with Crippen LogP contribution in [0.5, 0.6) is 5.75 Å². The molecule has 17 heteroatoms. The molecule has 7 atom stereocenters. The lowest BCUT2D eigenvalue weighted by Crippen LogP contribution is -2.50. The Kier molecular flexibility index (Phi) is 11.9. The number of carbonyl (C=O) groups is 3. The number of nitrogens with one attached hydrogen (secondary N) is 1. The van der Waals surface area contributed by atoms with Crippen LogP contribution in [0, 0.1) is 23.2 Å². The number of para-hydroxylation sites is 1. The Morgan fingerprint density at radius 3 is 2.37 bits per heavy atom. The molecule has 0 spiro atoms. The average molecular weight is 741 g/mol. The molecule has 4 heterocycles. The molecule has 2 saturated heterocycles. The molecule has 280 valence electrons. The molecule has 0 radical (unpaired) electrons. The SMILES string of the molecule is CC(C)C(=O)O[C@H]1[C@H](c2ccc3c(N)ccnn23)O[C@](C#N)(CO[P@](=O)(N[C@@H](C)C(=O)O[C@@H]2CCN(C)C2)Oc2ccccc2)[C@H]1OC(=O)C(C)C. The molecule has 16 nitrogen and oxygen atoms in total. The molecule has 0 unspecified atom stereocenters. The number of rotatable bonds is 14. The third-order valence-corrected chi connectivity index (χ3v) is 10.3. The number of fused-ring (bicyclic) bond motifs is 1. The van der Waals surface area contributed by atoms with Gasteiger partial charge in [0.25, 0.3) is 0 Å². The summed E-state index contributed by atoms with van der Waals surface area (Å²) < 4.78 is 51.7. The van der Waals surface area contributed by atoms with E-state index >= 15 is 0 Å². The van der Waals surface area contributed by atoms with Gasteiger partial charge in [0, 0.05) is 19.3 Å². The lowest BCUT2D eigenvalue weighted by Gasteiger charge is -2.31. The summed E-state index contributed by atoms with van der Waals surface area (Å²) in [5.74, 6) is -3.21. The van der Waals surface area contributed by atoms with Gasteiger partial charge in [0.2, 0.25) is 5.60 Å². The maximum Gasteiger partial charge on any atom is 0.459 e. The quantitative estimate of drug-likeness (QED) is 0.137. The van der Waals surface area contributed by atoms with Gasteiger partial charge in [-0.25, -0.2) is 9.08 Å². The first-order chi connectivity index (χ1) is 24.6. The van der Waals surface area contributed by atoms with E-state index in [1.165, 1.54) is 29.8 Å². The fourth-order valence-electron chi connectivity index (χ4n) is 5.78. The Morgan fingerprint density at radius 1 is 1.04 bits per heavy atom. The number of benzene rings is 1. The number of anilines is 1. The van der Waals surface area contributed by atoms with E-state index in [0.29, 0.717) is 29.9 Å². The van der Waals surface area contributed by atoms with Crippen molar-refractivity contribution >= 4 is 36.9 Å². The van der Waals surface area contributed by atoms with Gasteiger partial charge in [-0.1, -0.05) is 45.9 Å². The van der Waals surface area contributed by atoms with E-state index in [4.69, 9.17) is 33.7 Å². The minimum Gasteiger partial charge on any atom is -0.460 e. The van der Waals surface area contributed by atoms with Gasteiger partial charge in [-0.2, -0.15) is 15.4 Å². The lowest BCUT2D eigenvalue weighted by atomic mass is 9.95. The van der Waals surface area contributed by atoms with Crippen LogP contribution in [0.3, 0.4) is 0 Å². The van der Waals surface area contributed by atoms with Crippen LogP contribution in [-0.4, -0.2) is 89.1 Å². The number of nitrogen functional groups attached to an aromatic ring is 1.